The van der Waals surface area contributed by atoms with Gasteiger partial charge >= 0.3 is 11.9 Å². The van der Waals surface area contributed by atoms with Crippen molar-refractivity contribution >= 4 is 17.8 Å². The number of carbonyl (C=O) groups is 3. The molecule has 0 aromatic carbocycles. The van der Waals surface area contributed by atoms with Crippen LogP contribution >= 0.6 is 0 Å². The molecule has 26 heavy (non-hydrogen) atoms. The Morgan fingerprint density at radius 3 is 2.46 bits per heavy atom. The summed E-state index contributed by atoms with van der Waals surface area (Å²) in [6.45, 7) is 7.08. The molecular formula is C19H28N2O5. The predicted molar refractivity (Wildman–Crippen MR) is 96.1 cm³/mol. The van der Waals surface area contributed by atoms with Crippen LogP contribution < -0.4 is 5.32 Å². The van der Waals surface area contributed by atoms with Gasteiger partial charge in [-0.25, -0.2) is 9.59 Å². The van der Waals surface area contributed by atoms with Gasteiger partial charge in [-0.2, -0.15) is 0 Å². The summed E-state index contributed by atoms with van der Waals surface area (Å²) in [5.41, 5.74) is 1.48. The molecule has 2 atom stereocenters. The van der Waals surface area contributed by atoms with Crippen LogP contribution in [0.4, 0.5) is 0 Å². The molecule has 1 amide bonds. The van der Waals surface area contributed by atoms with Gasteiger partial charge in [-0.05, 0) is 45.1 Å². The normalized spacial score (nSPS) is 19.7. The molecule has 1 aliphatic rings. The molecule has 0 spiro atoms. The van der Waals surface area contributed by atoms with E-state index in [1.54, 1.807) is 20.8 Å². The Hall–Kier alpha value is -2.31. The molecule has 0 radical (unpaired) electrons. The number of carbonyl (C=O) groups excluding carboxylic acids is 3. The Balaban J connectivity index is 1.95. The summed E-state index contributed by atoms with van der Waals surface area (Å²) < 4.78 is 10.1. The lowest BCUT2D eigenvalue weighted by atomic mass is 9.86. The van der Waals surface area contributed by atoms with Crippen LogP contribution in [0.25, 0.3) is 0 Å². The first-order valence-electron chi connectivity index (χ1n) is 9.17. The smallest absolute Gasteiger partial charge is 0.355 e. The number of aryl methyl sites for hydroxylation is 1. The largest absolute Gasteiger partial charge is 0.461 e. The quantitative estimate of drug-likeness (QED) is 0.756. The van der Waals surface area contributed by atoms with Crippen LogP contribution in [0.15, 0.2) is 0 Å². The molecule has 7 heteroatoms. The lowest BCUT2D eigenvalue weighted by Crippen LogP contribution is -2.42. The first-order chi connectivity index (χ1) is 12.3. The van der Waals surface area contributed by atoms with Crippen molar-refractivity contribution < 1.29 is 23.9 Å². The molecule has 0 saturated heterocycles. The van der Waals surface area contributed by atoms with E-state index in [2.05, 4.69) is 17.2 Å². The number of ether oxygens (including phenoxy) is 2. The van der Waals surface area contributed by atoms with Gasteiger partial charge in [-0.15, -0.1) is 0 Å². The molecule has 0 bridgehead atoms. The van der Waals surface area contributed by atoms with E-state index >= 15 is 0 Å². The minimum atomic E-state index is -0.626. The molecule has 1 aromatic rings. The zero-order valence-electron chi connectivity index (χ0n) is 15.9. The van der Waals surface area contributed by atoms with Crippen molar-refractivity contribution in [1.82, 2.24) is 10.3 Å². The number of rotatable bonds is 6. The van der Waals surface area contributed by atoms with Crippen molar-refractivity contribution in [3.63, 3.8) is 0 Å². The number of nitrogens with one attached hydrogen (secondary N) is 2. The average molecular weight is 364 g/mol. The number of hydrogen-bond acceptors (Lipinski definition) is 5. The fourth-order valence-electron chi connectivity index (χ4n) is 3.45. The van der Waals surface area contributed by atoms with Crippen LogP contribution in [0, 0.1) is 19.8 Å². The Labute approximate surface area is 153 Å². The second-order valence-electron chi connectivity index (χ2n) is 6.86. The highest BCUT2D eigenvalue weighted by molar-refractivity contribution is 5.99. The summed E-state index contributed by atoms with van der Waals surface area (Å²) in [4.78, 5) is 39.2. The molecule has 1 saturated carbocycles. The van der Waals surface area contributed by atoms with E-state index in [4.69, 9.17) is 9.47 Å². The van der Waals surface area contributed by atoms with Crippen molar-refractivity contribution in [1.29, 1.82) is 0 Å². The molecule has 0 aliphatic heterocycles. The third kappa shape index (κ3) is 4.65. The maximum Gasteiger partial charge on any atom is 0.355 e. The number of H-pyrrole nitrogens is 1. The van der Waals surface area contributed by atoms with Crippen LogP contribution in [-0.2, 0) is 14.3 Å². The summed E-state index contributed by atoms with van der Waals surface area (Å²) in [6.07, 6.45) is 4.35. The van der Waals surface area contributed by atoms with Gasteiger partial charge in [0.1, 0.15) is 5.69 Å². The number of esters is 2. The standard InChI is InChI=1S/C19H28N2O5/c1-5-25-19(24)17-12(3)16(13(4)20-17)18(23)26-10-15(22)21-14-9-7-6-8-11(14)2/h11,14,20H,5-10H2,1-4H3,(H,21,22)/t11-,14-/m1/s1. The summed E-state index contributed by atoms with van der Waals surface area (Å²) >= 11 is 0. The second kappa shape index (κ2) is 8.87. The maximum absolute atomic E-state index is 12.4. The number of aromatic amines is 1. The van der Waals surface area contributed by atoms with Crippen LogP contribution in [0.2, 0.25) is 0 Å². The molecule has 1 fully saturated rings. The highest BCUT2D eigenvalue weighted by Gasteiger charge is 2.26. The Morgan fingerprint density at radius 1 is 1.12 bits per heavy atom. The van der Waals surface area contributed by atoms with Crippen molar-refractivity contribution in [2.24, 2.45) is 5.92 Å². The number of amides is 1. The van der Waals surface area contributed by atoms with Crippen molar-refractivity contribution in [3.05, 3.63) is 22.5 Å². The summed E-state index contributed by atoms with van der Waals surface area (Å²) in [5, 5.41) is 2.95. The SMILES string of the molecule is CCOC(=O)c1[nH]c(C)c(C(=O)OCC(=O)N[C@@H]2CCCC[C@H]2C)c1C. The topological polar surface area (TPSA) is 97.5 Å². The second-order valence-corrected chi connectivity index (χ2v) is 6.86. The van der Waals surface area contributed by atoms with E-state index in [-0.39, 0.29) is 36.4 Å². The zero-order valence-corrected chi connectivity index (χ0v) is 15.9. The predicted octanol–water partition coefficient (Wildman–Crippen LogP) is 2.66. The fraction of sp³-hybridized carbons (Fsp3) is 0.632. The Bertz CT molecular complexity index is 680. The van der Waals surface area contributed by atoms with Crippen LogP contribution in [0.3, 0.4) is 0 Å². The van der Waals surface area contributed by atoms with Gasteiger partial charge in [0, 0.05) is 11.7 Å². The molecule has 2 rings (SSSR count). The van der Waals surface area contributed by atoms with Crippen molar-refractivity contribution in [3.8, 4) is 0 Å². The van der Waals surface area contributed by atoms with Gasteiger partial charge in [0.05, 0.1) is 12.2 Å². The van der Waals surface area contributed by atoms with Crippen LogP contribution in [-0.4, -0.2) is 42.1 Å². The molecule has 1 aliphatic carbocycles. The molecule has 1 aromatic heterocycles. The van der Waals surface area contributed by atoms with E-state index in [0.29, 0.717) is 17.2 Å². The first-order valence-corrected chi connectivity index (χ1v) is 9.17. The Morgan fingerprint density at radius 2 is 1.81 bits per heavy atom. The van der Waals surface area contributed by atoms with E-state index in [1.165, 1.54) is 6.42 Å². The monoisotopic (exact) mass is 364 g/mol. The van der Waals surface area contributed by atoms with E-state index in [1.807, 2.05) is 0 Å². The molecule has 2 N–H and O–H groups in total. The highest BCUT2D eigenvalue weighted by atomic mass is 16.5. The molecule has 144 valence electrons. The Kier molecular flexibility index (Phi) is 6.83. The summed E-state index contributed by atoms with van der Waals surface area (Å²) in [6, 6.07) is 0.140. The van der Waals surface area contributed by atoms with Gasteiger partial charge in [0.15, 0.2) is 6.61 Å². The summed E-state index contributed by atoms with van der Waals surface area (Å²) in [5.74, 6) is -1.01. The van der Waals surface area contributed by atoms with Gasteiger partial charge < -0.3 is 19.8 Å². The van der Waals surface area contributed by atoms with Crippen molar-refractivity contribution in [2.45, 2.75) is 59.4 Å². The maximum atomic E-state index is 12.4. The van der Waals surface area contributed by atoms with Gasteiger partial charge in [0.25, 0.3) is 5.91 Å². The minimum Gasteiger partial charge on any atom is -0.461 e. The van der Waals surface area contributed by atoms with Crippen LogP contribution in [0.5, 0.6) is 0 Å². The van der Waals surface area contributed by atoms with E-state index in [9.17, 15) is 14.4 Å². The lowest BCUT2D eigenvalue weighted by molar-refractivity contribution is -0.125. The molecule has 7 nitrogen and oxygen atoms in total. The number of aromatic nitrogens is 1. The van der Waals surface area contributed by atoms with Gasteiger partial charge in [0.2, 0.25) is 0 Å². The third-order valence-corrected chi connectivity index (χ3v) is 4.91. The molecule has 1 heterocycles. The average Bonchev–Trinajstić information content (AvgIpc) is 2.90. The minimum absolute atomic E-state index is 0.140. The third-order valence-electron chi connectivity index (χ3n) is 4.91. The zero-order chi connectivity index (χ0) is 19.3. The fourth-order valence-corrected chi connectivity index (χ4v) is 3.45. The van der Waals surface area contributed by atoms with Gasteiger partial charge in [-0.1, -0.05) is 19.8 Å². The van der Waals surface area contributed by atoms with E-state index < -0.39 is 11.9 Å². The first kappa shape index (κ1) is 20.0. The molecule has 0 unspecified atom stereocenters. The summed E-state index contributed by atoms with van der Waals surface area (Å²) in [7, 11) is 0. The van der Waals surface area contributed by atoms with Crippen molar-refractivity contribution in [2.75, 3.05) is 13.2 Å². The highest BCUT2D eigenvalue weighted by Crippen LogP contribution is 2.23. The van der Waals surface area contributed by atoms with Gasteiger partial charge in [-0.3, -0.25) is 4.79 Å². The lowest BCUT2D eigenvalue weighted by Gasteiger charge is -2.29. The molecular weight excluding hydrogens is 336 g/mol. The van der Waals surface area contributed by atoms with E-state index in [0.717, 1.165) is 19.3 Å². The number of hydrogen-bond donors (Lipinski definition) is 2. The van der Waals surface area contributed by atoms with Crippen LogP contribution in [0.1, 0.15) is 71.6 Å².